The molecule has 0 unspecified atom stereocenters. The number of carbonyl (C=O) groups excluding carboxylic acids is 1. The summed E-state index contributed by atoms with van der Waals surface area (Å²) in [6, 6.07) is 1.61. The monoisotopic (exact) mass is 266 g/mol. The van der Waals surface area contributed by atoms with Gasteiger partial charge in [0, 0.05) is 18.8 Å². The number of nitrogens with zero attached hydrogens (tertiary/aromatic N) is 2. The van der Waals surface area contributed by atoms with E-state index >= 15 is 0 Å². The van der Waals surface area contributed by atoms with E-state index in [-0.39, 0.29) is 25.5 Å². The van der Waals surface area contributed by atoms with Crippen LogP contribution in [0.4, 0.5) is 11.5 Å². The number of anilines is 1. The first-order valence-electron chi connectivity index (χ1n) is 5.29. The molecule has 0 saturated carbocycles. The lowest BCUT2D eigenvalue weighted by Crippen LogP contribution is -2.44. The Morgan fingerprint density at radius 1 is 1.68 bits per heavy atom. The third-order valence-electron chi connectivity index (χ3n) is 2.20. The summed E-state index contributed by atoms with van der Waals surface area (Å²) in [5.41, 5.74) is -0.248. The number of aliphatic carboxylic acids is 1. The molecular weight excluding hydrogens is 255 g/mol. The van der Waals surface area contributed by atoms with Gasteiger partial charge in [-0.25, -0.2) is 4.98 Å². The van der Waals surface area contributed by atoms with Gasteiger partial charge in [-0.05, 0) is 6.07 Å². The van der Waals surface area contributed by atoms with Crippen LogP contribution < -0.4 is 10.5 Å². The summed E-state index contributed by atoms with van der Waals surface area (Å²) >= 11 is 0. The molecule has 1 aromatic heterocycles. The van der Waals surface area contributed by atoms with Gasteiger partial charge in [-0.15, -0.1) is 0 Å². The first-order valence-corrected chi connectivity index (χ1v) is 5.29. The molecule has 19 heavy (non-hydrogen) atoms. The second-order valence-corrected chi connectivity index (χ2v) is 3.47. The molecule has 9 nitrogen and oxygen atoms in total. The van der Waals surface area contributed by atoms with Gasteiger partial charge in [-0.1, -0.05) is 0 Å². The first-order chi connectivity index (χ1) is 9.06. The SMILES string of the molecule is O=CBN[C@@H](CNc1ncccc1[N+](=O)[O-])C(=O)O. The van der Waals surface area contributed by atoms with Gasteiger partial charge in [0.15, 0.2) is 0 Å². The molecule has 0 aliphatic carbocycles. The van der Waals surface area contributed by atoms with E-state index in [2.05, 4.69) is 15.5 Å². The van der Waals surface area contributed by atoms with Crippen molar-refractivity contribution in [2.45, 2.75) is 6.04 Å². The van der Waals surface area contributed by atoms with Crippen molar-refractivity contribution >= 4 is 31.1 Å². The van der Waals surface area contributed by atoms with E-state index in [4.69, 9.17) is 5.11 Å². The maximum atomic E-state index is 10.9. The van der Waals surface area contributed by atoms with Gasteiger partial charge >= 0.3 is 11.7 Å². The van der Waals surface area contributed by atoms with Crippen LogP contribution in [0.25, 0.3) is 0 Å². The molecule has 0 bridgehead atoms. The molecule has 10 heteroatoms. The predicted molar refractivity (Wildman–Crippen MR) is 67.8 cm³/mol. The minimum absolute atomic E-state index is 0.0216. The van der Waals surface area contributed by atoms with E-state index in [1.54, 1.807) is 0 Å². The zero-order valence-electron chi connectivity index (χ0n) is 9.78. The smallest absolute Gasteiger partial charge is 0.321 e. The Morgan fingerprint density at radius 2 is 2.42 bits per heavy atom. The summed E-state index contributed by atoms with van der Waals surface area (Å²) in [6.45, 7) is -0.138. The van der Waals surface area contributed by atoms with Crippen molar-refractivity contribution < 1.29 is 19.6 Å². The Kier molecular flexibility index (Phi) is 5.42. The molecule has 100 valence electrons. The highest BCUT2D eigenvalue weighted by Crippen LogP contribution is 2.19. The second-order valence-electron chi connectivity index (χ2n) is 3.47. The number of carbonyl (C=O) groups is 2. The number of carboxylic acids is 1. The molecule has 0 radical (unpaired) electrons. The van der Waals surface area contributed by atoms with Gasteiger partial charge in [-0.3, -0.25) is 14.9 Å². The zero-order valence-corrected chi connectivity index (χ0v) is 9.78. The van der Waals surface area contributed by atoms with Gasteiger partial charge in [-0.2, -0.15) is 0 Å². The first kappa shape index (κ1) is 14.6. The van der Waals surface area contributed by atoms with Crippen LogP contribution in [0.1, 0.15) is 0 Å². The van der Waals surface area contributed by atoms with Crippen LogP contribution in [0.15, 0.2) is 18.3 Å². The van der Waals surface area contributed by atoms with E-state index < -0.39 is 16.9 Å². The summed E-state index contributed by atoms with van der Waals surface area (Å²) in [5.74, 6) is -1.19. The van der Waals surface area contributed by atoms with Gasteiger partial charge in [0.05, 0.1) is 11.1 Å². The predicted octanol–water partition coefficient (Wildman–Crippen LogP) is -1.01. The molecule has 1 heterocycles. The molecule has 1 aromatic rings. The lowest BCUT2D eigenvalue weighted by Gasteiger charge is -2.13. The van der Waals surface area contributed by atoms with Crippen molar-refractivity contribution in [1.82, 2.24) is 10.2 Å². The summed E-state index contributed by atoms with van der Waals surface area (Å²) in [5, 5.41) is 24.6. The number of rotatable bonds is 8. The lowest BCUT2D eigenvalue weighted by molar-refractivity contribution is -0.384. The van der Waals surface area contributed by atoms with Crippen molar-refractivity contribution in [3.63, 3.8) is 0 Å². The van der Waals surface area contributed by atoms with Crippen molar-refractivity contribution in [2.24, 2.45) is 0 Å². The maximum absolute atomic E-state index is 10.9. The van der Waals surface area contributed by atoms with E-state index in [0.717, 1.165) is 0 Å². The Bertz CT molecular complexity index is 483. The molecule has 0 aliphatic heterocycles. The Balaban J connectivity index is 2.71. The Morgan fingerprint density at radius 3 is 3.00 bits per heavy atom. The van der Waals surface area contributed by atoms with Crippen LogP contribution in [0.3, 0.4) is 0 Å². The second kappa shape index (κ2) is 7.06. The fourth-order valence-electron chi connectivity index (χ4n) is 1.32. The molecule has 0 fully saturated rings. The highest BCUT2D eigenvalue weighted by atomic mass is 16.6. The number of carboxylic acid groups (broad SMARTS) is 1. The molecule has 0 aromatic carbocycles. The average molecular weight is 266 g/mol. The minimum Gasteiger partial charge on any atom is -0.480 e. The summed E-state index contributed by atoms with van der Waals surface area (Å²) in [6.07, 6.45) is 1.88. The zero-order chi connectivity index (χ0) is 14.3. The van der Waals surface area contributed by atoms with Gasteiger partial charge in [0.1, 0.15) is 6.04 Å². The van der Waals surface area contributed by atoms with Crippen LogP contribution in [0.5, 0.6) is 0 Å². The van der Waals surface area contributed by atoms with Crippen LogP contribution in [-0.4, -0.2) is 47.2 Å². The van der Waals surface area contributed by atoms with Crippen LogP contribution in [0, 0.1) is 10.1 Å². The Labute approximate surface area is 108 Å². The third-order valence-corrected chi connectivity index (χ3v) is 2.20. The molecule has 1 atom stereocenters. The number of nitrogens with one attached hydrogen (secondary N) is 2. The molecular formula is C9H11BN4O5. The molecule has 3 N–H and O–H groups in total. The van der Waals surface area contributed by atoms with E-state index in [9.17, 15) is 19.7 Å². The average Bonchev–Trinajstić information content (AvgIpc) is 2.38. The standard InChI is InChI=1S/C9H11BN4O5/c15-5-10-13-6(9(16)17)4-12-8-7(14(18)19)2-1-3-11-8/h1-3,5-6,10,13H,4H2,(H,11,12)(H,16,17)/t6-/m0/s1. The molecule has 1 rings (SSSR count). The van der Waals surface area contributed by atoms with E-state index in [0.29, 0.717) is 6.19 Å². The number of pyridine rings is 1. The van der Waals surface area contributed by atoms with E-state index in [1.165, 1.54) is 18.3 Å². The maximum Gasteiger partial charge on any atom is 0.321 e. The summed E-state index contributed by atoms with van der Waals surface area (Å²) < 4.78 is 0. The number of aromatic nitrogens is 1. The minimum atomic E-state index is -1.17. The third kappa shape index (κ3) is 4.35. The Hall–Kier alpha value is -2.49. The normalized spacial score (nSPS) is 11.4. The fraction of sp³-hybridized carbons (Fsp3) is 0.222. The molecule has 0 aliphatic rings. The summed E-state index contributed by atoms with van der Waals surface area (Å²) in [7, 11) is -0.122. The summed E-state index contributed by atoms with van der Waals surface area (Å²) in [4.78, 5) is 34.9. The van der Waals surface area contributed by atoms with Gasteiger partial charge in [0.2, 0.25) is 5.82 Å². The highest BCUT2D eigenvalue weighted by Gasteiger charge is 2.19. The highest BCUT2D eigenvalue weighted by molar-refractivity contribution is 6.64. The van der Waals surface area contributed by atoms with Gasteiger partial charge in [0.25, 0.3) is 7.41 Å². The number of hydrogen-bond acceptors (Lipinski definition) is 7. The molecule has 0 amide bonds. The van der Waals surface area contributed by atoms with Crippen molar-refractivity contribution in [2.75, 3.05) is 11.9 Å². The van der Waals surface area contributed by atoms with Crippen LogP contribution in [-0.2, 0) is 9.59 Å². The van der Waals surface area contributed by atoms with Crippen LogP contribution >= 0.6 is 0 Å². The molecule has 0 saturated heterocycles. The molecule has 0 spiro atoms. The van der Waals surface area contributed by atoms with E-state index in [1.807, 2.05) is 0 Å². The topological polar surface area (TPSA) is 134 Å². The van der Waals surface area contributed by atoms with Crippen molar-refractivity contribution in [1.29, 1.82) is 0 Å². The van der Waals surface area contributed by atoms with Crippen molar-refractivity contribution in [3.8, 4) is 0 Å². The number of nitro groups is 1. The fourth-order valence-corrected chi connectivity index (χ4v) is 1.32. The number of hydrogen-bond donors (Lipinski definition) is 3. The quantitative estimate of drug-likeness (QED) is 0.235. The van der Waals surface area contributed by atoms with Crippen LogP contribution in [0.2, 0.25) is 0 Å². The van der Waals surface area contributed by atoms with Gasteiger partial charge < -0.3 is 20.4 Å². The largest absolute Gasteiger partial charge is 0.480 e. The lowest BCUT2D eigenvalue weighted by atomic mass is 9.96. The van der Waals surface area contributed by atoms with Crippen molar-refractivity contribution in [3.05, 3.63) is 28.4 Å².